The summed E-state index contributed by atoms with van der Waals surface area (Å²) in [6.07, 6.45) is 2.52. The Morgan fingerprint density at radius 1 is 1.30 bits per heavy atom. The number of nitrogens with one attached hydrogen (secondary N) is 1. The van der Waals surface area contributed by atoms with Gasteiger partial charge in [-0.15, -0.1) is 0 Å². The maximum Gasteiger partial charge on any atom is 0.338 e. The molecule has 0 aliphatic heterocycles. The molecule has 9 nitrogen and oxygen atoms in total. The lowest BCUT2D eigenvalue weighted by atomic mass is 10.2. The van der Waals surface area contributed by atoms with Gasteiger partial charge in [-0.3, -0.25) is 9.48 Å². The lowest BCUT2D eigenvalue weighted by molar-refractivity contribution is -0.119. The predicted octanol–water partition coefficient (Wildman–Crippen LogP) is 3.59. The Hall–Kier alpha value is -3.33. The van der Waals surface area contributed by atoms with Crippen molar-refractivity contribution >= 4 is 29.2 Å². The molecule has 0 aliphatic rings. The fourth-order valence-corrected chi connectivity index (χ4v) is 2.97. The summed E-state index contributed by atoms with van der Waals surface area (Å²) in [6, 6.07) is 4.69. The molecule has 0 saturated heterocycles. The van der Waals surface area contributed by atoms with Crippen molar-refractivity contribution in [2.24, 2.45) is 0 Å². The van der Waals surface area contributed by atoms with Crippen molar-refractivity contribution < 1.29 is 19.4 Å². The number of aryl methyl sites for hydroxylation is 2. The highest BCUT2D eigenvalue weighted by atomic mass is 35.5. The minimum atomic E-state index is -1.10. The quantitative estimate of drug-likeness (QED) is 0.591. The molecule has 2 heterocycles. The van der Waals surface area contributed by atoms with Crippen LogP contribution >= 0.6 is 11.6 Å². The van der Waals surface area contributed by atoms with Gasteiger partial charge in [0.1, 0.15) is 11.8 Å². The number of amides is 1. The summed E-state index contributed by atoms with van der Waals surface area (Å²) in [6.45, 7) is 7.31. The molecule has 10 heteroatoms. The molecule has 0 aliphatic carbocycles. The minimum absolute atomic E-state index is 0.0180. The molecule has 2 N–H and O–H groups in total. The minimum Gasteiger partial charge on any atom is -0.478 e. The van der Waals surface area contributed by atoms with E-state index in [-0.39, 0.29) is 18.2 Å². The number of carbonyl (C=O) groups excluding carboxylic acids is 1. The van der Waals surface area contributed by atoms with Gasteiger partial charge < -0.3 is 15.2 Å². The van der Waals surface area contributed by atoms with Gasteiger partial charge in [0.25, 0.3) is 0 Å². The van der Waals surface area contributed by atoms with Crippen molar-refractivity contribution in [2.45, 2.75) is 40.5 Å². The largest absolute Gasteiger partial charge is 0.478 e. The number of hydrogen-bond acceptors (Lipinski definition) is 5. The molecule has 0 radical (unpaired) electrons. The fraction of sp³-hybridized carbons (Fsp3) is 0.300. The molecule has 0 spiro atoms. The standard InChI is InChI=1S/C20H22ClN5O4/c1-11-7-16(5-6-17(11)21)30-10-26-13(3)18(12(2)24-26)23-19(27)14(4)25-9-15(8-22-25)20(28)29/h5-9,14H,10H2,1-4H3,(H,23,27)(H,28,29). The molecule has 1 unspecified atom stereocenters. The monoisotopic (exact) mass is 431 g/mol. The van der Waals surface area contributed by atoms with E-state index in [9.17, 15) is 9.59 Å². The predicted molar refractivity (Wildman–Crippen MR) is 111 cm³/mol. The van der Waals surface area contributed by atoms with E-state index in [2.05, 4.69) is 15.5 Å². The van der Waals surface area contributed by atoms with Gasteiger partial charge in [-0.05, 0) is 51.5 Å². The van der Waals surface area contributed by atoms with E-state index in [1.807, 2.05) is 19.9 Å². The number of hydrogen-bond donors (Lipinski definition) is 2. The topological polar surface area (TPSA) is 111 Å². The van der Waals surface area contributed by atoms with Crippen molar-refractivity contribution in [3.8, 4) is 5.75 Å². The van der Waals surface area contributed by atoms with Crippen molar-refractivity contribution in [1.29, 1.82) is 0 Å². The van der Waals surface area contributed by atoms with Gasteiger partial charge >= 0.3 is 5.97 Å². The smallest absolute Gasteiger partial charge is 0.338 e. The van der Waals surface area contributed by atoms with Gasteiger partial charge in [-0.1, -0.05) is 11.6 Å². The van der Waals surface area contributed by atoms with Crippen molar-refractivity contribution in [2.75, 3.05) is 5.32 Å². The second-order valence-electron chi connectivity index (χ2n) is 6.91. The Morgan fingerprint density at radius 2 is 2.03 bits per heavy atom. The summed E-state index contributed by atoms with van der Waals surface area (Å²) in [7, 11) is 0. The number of aromatic carboxylic acids is 1. The van der Waals surface area contributed by atoms with Gasteiger partial charge in [-0.25, -0.2) is 9.48 Å². The highest BCUT2D eigenvalue weighted by Gasteiger charge is 2.21. The molecule has 0 saturated carbocycles. The number of benzene rings is 1. The molecule has 158 valence electrons. The lowest BCUT2D eigenvalue weighted by Crippen LogP contribution is -2.24. The number of carbonyl (C=O) groups is 2. The summed E-state index contributed by atoms with van der Waals surface area (Å²) in [5, 5.41) is 20.9. The highest BCUT2D eigenvalue weighted by molar-refractivity contribution is 6.31. The van der Waals surface area contributed by atoms with Crippen LogP contribution in [0, 0.1) is 20.8 Å². The zero-order valence-electron chi connectivity index (χ0n) is 17.0. The number of carboxylic acids is 1. The van der Waals surface area contributed by atoms with E-state index in [1.165, 1.54) is 17.1 Å². The van der Waals surface area contributed by atoms with Crippen LogP contribution in [-0.4, -0.2) is 36.5 Å². The first-order valence-electron chi connectivity index (χ1n) is 9.18. The zero-order chi connectivity index (χ0) is 22.0. The number of rotatable bonds is 7. The summed E-state index contributed by atoms with van der Waals surface area (Å²) in [5.41, 5.74) is 2.87. The second kappa shape index (κ2) is 8.58. The van der Waals surface area contributed by atoms with Gasteiger partial charge in [0, 0.05) is 11.2 Å². The molecule has 1 aromatic carbocycles. The van der Waals surface area contributed by atoms with Crippen molar-refractivity contribution in [3.05, 3.63) is 58.1 Å². The summed E-state index contributed by atoms with van der Waals surface area (Å²) < 4.78 is 8.74. The number of nitrogens with zero attached hydrogens (tertiary/aromatic N) is 4. The van der Waals surface area contributed by atoms with E-state index < -0.39 is 12.0 Å². The first-order valence-corrected chi connectivity index (χ1v) is 9.56. The van der Waals surface area contributed by atoms with Crippen LogP contribution in [0.3, 0.4) is 0 Å². The van der Waals surface area contributed by atoms with Crippen LogP contribution in [0.25, 0.3) is 0 Å². The Kier molecular flexibility index (Phi) is 6.12. The third-order valence-electron chi connectivity index (χ3n) is 4.74. The number of anilines is 1. The van der Waals surface area contributed by atoms with Crippen LogP contribution in [0.5, 0.6) is 5.75 Å². The number of carboxylic acid groups (broad SMARTS) is 1. The van der Waals surface area contributed by atoms with E-state index in [0.717, 1.165) is 11.3 Å². The molecule has 0 bridgehead atoms. The Morgan fingerprint density at radius 3 is 2.67 bits per heavy atom. The average molecular weight is 432 g/mol. The third kappa shape index (κ3) is 4.46. The van der Waals surface area contributed by atoms with E-state index in [4.69, 9.17) is 21.4 Å². The maximum atomic E-state index is 12.7. The number of halogens is 1. The Bertz CT molecular complexity index is 1100. The average Bonchev–Trinajstić information content (AvgIpc) is 3.29. The molecular formula is C20H22ClN5O4. The zero-order valence-corrected chi connectivity index (χ0v) is 17.8. The van der Waals surface area contributed by atoms with Gasteiger partial charge in [-0.2, -0.15) is 10.2 Å². The third-order valence-corrected chi connectivity index (χ3v) is 5.16. The molecule has 3 aromatic rings. The van der Waals surface area contributed by atoms with Crippen LogP contribution in [0.15, 0.2) is 30.6 Å². The van der Waals surface area contributed by atoms with Crippen LogP contribution in [0.4, 0.5) is 5.69 Å². The van der Waals surface area contributed by atoms with Crippen molar-refractivity contribution in [3.63, 3.8) is 0 Å². The molecule has 1 amide bonds. The maximum absolute atomic E-state index is 12.7. The van der Waals surface area contributed by atoms with E-state index in [1.54, 1.807) is 30.7 Å². The Balaban J connectivity index is 1.70. The van der Waals surface area contributed by atoms with Crippen LogP contribution in [0.1, 0.15) is 40.3 Å². The summed E-state index contributed by atoms with van der Waals surface area (Å²) in [4.78, 5) is 23.7. The molecule has 3 rings (SSSR count). The first kappa shape index (κ1) is 21.4. The van der Waals surface area contributed by atoms with Gasteiger partial charge in [0.2, 0.25) is 5.91 Å². The molecule has 1 atom stereocenters. The Labute approximate surface area is 178 Å². The van der Waals surface area contributed by atoms with Gasteiger partial charge in [0.15, 0.2) is 6.73 Å². The normalized spacial score (nSPS) is 11.9. The molecule has 30 heavy (non-hydrogen) atoms. The van der Waals surface area contributed by atoms with E-state index >= 15 is 0 Å². The number of aromatic nitrogens is 4. The van der Waals surface area contributed by atoms with Crippen LogP contribution in [-0.2, 0) is 11.5 Å². The highest BCUT2D eigenvalue weighted by Crippen LogP contribution is 2.24. The van der Waals surface area contributed by atoms with Gasteiger partial charge in [0.05, 0.1) is 28.8 Å². The second-order valence-corrected chi connectivity index (χ2v) is 7.32. The van der Waals surface area contributed by atoms with Crippen LogP contribution in [0.2, 0.25) is 5.02 Å². The SMILES string of the molecule is Cc1cc(OCn2nc(C)c(NC(=O)C(C)n3cc(C(=O)O)cn3)c2C)ccc1Cl. The summed E-state index contributed by atoms with van der Waals surface area (Å²) >= 11 is 6.03. The molecule has 2 aromatic heterocycles. The lowest BCUT2D eigenvalue weighted by Gasteiger charge is -2.13. The fourth-order valence-electron chi connectivity index (χ4n) is 2.85. The van der Waals surface area contributed by atoms with Crippen LogP contribution < -0.4 is 10.1 Å². The summed E-state index contributed by atoms with van der Waals surface area (Å²) in [5.74, 6) is -0.774. The van der Waals surface area contributed by atoms with Crippen molar-refractivity contribution in [1.82, 2.24) is 19.6 Å². The molecular weight excluding hydrogens is 410 g/mol. The first-order chi connectivity index (χ1) is 14.2. The molecule has 0 fully saturated rings. The number of ether oxygens (including phenoxy) is 1. The van der Waals surface area contributed by atoms with E-state index in [0.29, 0.717) is 22.2 Å².